The number of rotatable bonds is 5. The molecule has 0 aromatic heterocycles. The minimum Gasteiger partial charge on any atom is -0.389 e. The van der Waals surface area contributed by atoms with Crippen molar-refractivity contribution >= 4 is 15.9 Å². The van der Waals surface area contributed by atoms with Crippen LogP contribution in [0.4, 0.5) is 4.39 Å². The highest BCUT2D eigenvalue weighted by Gasteiger charge is 2.18. The number of aliphatic hydroxyl groups is 1. The minimum atomic E-state index is -0.762. The molecule has 0 fully saturated rings. The third-order valence-electron chi connectivity index (χ3n) is 2.47. The largest absolute Gasteiger partial charge is 0.389 e. The maximum absolute atomic E-state index is 13.7. The zero-order chi connectivity index (χ0) is 13.1. The lowest BCUT2D eigenvalue weighted by atomic mass is 10.1. The van der Waals surface area contributed by atoms with Crippen molar-refractivity contribution < 1.29 is 9.50 Å². The van der Waals surface area contributed by atoms with E-state index in [0.717, 1.165) is 11.0 Å². The molecular formula is C13H19BrFNO. The second-order valence-corrected chi connectivity index (χ2v) is 5.77. The SMILES string of the molecule is CCN(Cc1ccc(Br)cc1F)CC(C)(C)O. The van der Waals surface area contributed by atoms with E-state index in [1.54, 1.807) is 19.9 Å². The van der Waals surface area contributed by atoms with Gasteiger partial charge in [0.1, 0.15) is 5.82 Å². The van der Waals surface area contributed by atoms with Crippen LogP contribution >= 0.6 is 15.9 Å². The Morgan fingerprint density at radius 2 is 2.06 bits per heavy atom. The second-order valence-electron chi connectivity index (χ2n) is 4.85. The zero-order valence-electron chi connectivity index (χ0n) is 10.5. The van der Waals surface area contributed by atoms with E-state index in [0.29, 0.717) is 18.7 Å². The fourth-order valence-corrected chi connectivity index (χ4v) is 2.05. The summed E-state index contributed by atoms with van der Waals surface area (Å²) >= 11 is 3.23. The molecule has 17 heavy (non-hydrogen) atoms. The van der Waals surface area contributed by atoms with Crippen molar-refractivity contribution in [3.63, 3.8) is 0 Å². The first kappa shape index (κ1) is 14.6. The summed E-state index contributed by atoms with van der Waals surface area (Å²) in [5, 5.41) is 9.77. The van der Waals surface area contributed by atoms with E-state index in [-0.39, 0.29) is 5.82 Å². The van der Waals surface area contributed by atoms with Gasteiger partial charge in [-0.3, -0.25) is 4.90 Å². The number of nitrogens with zero attached hydrogens (tertiary/aromatic N) is 1. The van der Waals surface area contributed by atoms with Gasteiger partial charge in [-0.25, -0.2) is 4.39 Å². The summed E-state index contributed by atoms with van der Waals surface area (Å²) in [6, 6.07) is 5.07. The molecule has 1 rings (SSSR count). The number of halogens is 2. The van der Waals surface area contributed by atoms with Gasteiger partial charge < -0.3 is 5.11 Å². The minimum absolute atomic E-state index is 0.214. The zero-order valence-corrected chi connectivity index (χ0v) is 12.1. The van der Waals surface area contributed by atoms with E-state index in [9.17, 15) is 9.50 Å². The van der Waals surface area contributed by atoms with Gasteiger partial charge in [-0.1, -0.05) is 28.9 Å². The van der Waals surface area contributed by atoms with E-state index in [4.69, 9.17) is 0 Å². The molecule has 0 aliphatic heterocycles. The highest BCUT2D eigenvalue weighted by molar-refractivity contribution is 9.10. The molecule has 0 unspecified atom stereocenters. The molecule has 0 saturated heterocycles. The quantitative estimate of drug-likeness (QED) is 0.903. The first-order valence-corrected chi connectivity index (χ1v) is 6.50. The topological polar surface area (TPSA) is 23.5 Å². The van der Waals surface area contributed by atoms with Crippen LogP contribution in [-0.2, 0) is 6.54 Å². The summed E-state index contributed by atoms with van der Waals surface area (Å²) < 4.78 is 14.4. The summed E-state index contributed by atoms with van der Waals surface area (Å²) in [5.74, 6) is -0.214. The Bertz CT molecular complexity index is 376. The van der Waals surface area contributed by atoms with Crippen LogP contribution in [0, 0.1) is 5.82 Å². The van der Waals surface area contributed by atoms with Crippen molar-refractivity contribution in [2.45, 2.75) is 32.9 Å². The molecule has 0 saturated carbocycles. The van der Waals surface area contributed by atoms with Gasteiger partial charge in [0.25, 0.3) is 0 Å². The summed E-state index contributed by atoms with van der Waals surface area (Å²) in [6.07, 6.45) is 0. The molecular weight excluding hydrogens is 285 g/mol. The number of hydrogen-bond acceptors (Lipinski definition) is 2. The Hall–Kier alpha value is -0.450. The third-order valence-corrected chi connectivity index (χ3v) is 2.96. The summed E-state index contributed by atoms with van der Waals surface area (Å²) in [6.45, 7) is 7.34. The Kier molecular flexibility index (Phi) is 5.10. The molecule has 0 aliphatic rings. The van der Waals surface area contributed by atoms with Gasteiger partial charge in [0.15, 0.2) is 0 Å². The molecule has 2 nitrogen and oxygen atoms in total. The van der Waals surface area contributed by atoms with Crippen molar-refractivity contribution in [1.82, 2.24) is 4.90 Å². The average Bonchev–Trinajstić information content (AvgIpc) is 2.19. The van der Waals surface area contributed by atoms with Crippen molar-refractivity contribution in [3.8, 4) is 0 Å². The van der Waals surface area contributed by atoms with Crippen LogP contribution < -0.4 is 0 Å². The molecule has 0 radical (unpaired) electrons. The van der Waals surface area contributed by atoms with Crippen LogP contribution in [0.2, 0.25) is 0 Å². The molecule has 0 amide bonds. The molecule has 1 aromatic rings. The standard InChI is InChI=1S/C13H19BrFNO/c1-4-16(9-13(2,3)17)8-10-5-6-11(14)7-12(10)15/h5-7,17H,4,8-9H2,1-3H3. The third kappa shape index (κ3) is 5.15. The lowest BCUT2D eigenvalue weighted by Gasteiger charge is -2.28. The van der Waals surface area contributed by atoms with E-state index < -0.39 is 5.60 Å². The molecule has 0 aliphatic carbocycles. The van der Waals surface area contributed by atoms with Crippen molar-refractivity contribution in [3.05, 3.63) is 34.1 Å². The fraction of sp³-hybridized carbons (Fsp3) is 0.538. The predicted octanol–water partition coefficient (Wildman–Crippen LogP) is 3.18. The van der Waals surface area contributed by atoms with Gasteiger partial charge >= 0.3 is 0 Å². The van der Waals surface area contributed by atoms with Gasteiger partial charge in [0.2, 0.25) is 0 Å². The van der Waals surface area contributed by atoms with Gasteiger partial charge in [-0.15, -0.1) is 0 Å². The van der Waals surface area contributed by atoms with Crippen LogP contribution in [0.5, 0.6) is 0 Å². The van der Waals surface area contributed by atoms with Gasteiger partial charge in [-0.2, -0.15) is 0 Å². The van der Waals surface area contributed by atoms with E-state index >= 15 is 0 Å². The molecule has 1 N–H and O–H groups in total. The van der Waals surface area contributed by atoms with Gasteiger partial charge in [0.05, 0.1) is 5.60 Å². The maximum Gasteiger partial charge on any atom is 0.128 e. The van der Waals surface area contributed by atoms with Crippen molar-refractivity contribution in [1.29, 1.82) is 0 Å². The molecule has 1 aromatic carbocycles. The van der Waals surface area contributed by atoms with E-state index in [2.05, 4.69) is 15.9 Å². The maximum atomic E-state index is 13.7. The van der Waals surface area contributed by atoms with Crippen molar-refractivity contribution in [2.75, 3.05) is 13.1 Å². The Balaban J connectivity index is 2.74. The van der Waals surface area contributed by atoms with E-state index in [1.807, 2.05) is 17.9 Å². The van der Waals surface area contributed by atoms with Crippen LogP contribution in [0.3, 0.4) is 0 Å². The summed E-state index contributed by atoms with van der Waals surface area (Å²) in [4.78, 5) is 2.02. The Morgan fingerprint density at radius 3 is 2.53 bits per heavy atom. The second kappa shape index (κ2) is 5.94. The Morgan fingerprint density at radius 1 is 1.41 bits per heavy atom. The molecule has 4 heteroatoms. The van der Waals surface area contributed by atoms with Crippen LogP contribution in [-0.4, -0.2) is 28.7 Å². The first-order valence-electron chi connectivity index (χ1n) is 5.70. The van der Waals surface area contributed by atoms with Gasteiger partial charge in [0, 0.05) is 23.1 Å². The fourth-order valence-electron chi connectivity index (χ4n) is 1.72. The average molecular weight is 304 g/mol. The normalized spacial score (nSPS) is 12.2. The molecule has 96 valence electrons. The number of likely N-dealkylation sites (N-methyl/N-ethyl adjacent to an activating group) is 1. The highest BCUT2D eigenvalue weighted by atomic mass is 79.9. The molecule has 0 atom stereocenters. The summed E-state index contributed by atoms with van der Waals surface area (Å²) in [5.41, 5.74) is -0.110. The highest BCUT2D eigenvalue weighted by Crippen LogP contribution is 2.17. The van der Waals surface area contributed by atoms with Crippen LogP contribution in [0.25, 0.3) is 0 Å². The number of benzene rings is 1. The Labute approximate surface area is 111 Å². The van der Waals surface area contributed by atoms with E-state index in [1.165, 1.54) is 6.07 Å². The van der Waals surface area contributed by atoms with Crippen LogP contribution in [0.1, 0.15) is 26.3 Å². The lowest BCUT2D eigenvalue weighted by Crippen LogP contribution is -2.38. The monoisotopic (exact) mass is 303 g/mol. The molecule has 0 bridgehead atoms. The molecule has 0 spiro atoms. The smallest absolute Gasteiger partial charge is 0.128 e. The van der Waals surface area contributed by atoms with Crippen LogP contribution in [0.15, 0.2) is 22.7 Å². The molecule has 0 heterocycles. The first-order chi connectivity index (χ1) is 7.81. The summed E-state index contributed by atoms with van der Waals surface area (Å²) in [7, 11) is 0. The van der Waals surface area contributed by atoms with Crippen molar-refractivity contribution in [2.24, 2.45) is 0 Å². The lowest BCUT2D eigenvalue weighted by molar-refractivity contribution is 0.0350. The predicted molar refractivity (Wildman–Crippen MR) is 71.3 cm³/mol. The van der Waals surface area contributed by atoms with Gasteiger partial charge in [-0.05, 0) is 32.5 Å². The number of hydrogen-bond donors (Lipinski definition) is 1.